The Labute approximate surface area is 111 Å². The van der Waals surface area contributed by atoms with Crippen LogP contribution in [0.25, 0.3) is 0 Å². The largest absolute Gasteiger partial charge is 0.397 e. The number of nitrogens with two attached hydrogens (primary N) is 1. The van der Waals surface area contributed by atoms with Crippen molar-refractivity contribution in [3.63, 3.8) is 0 Å². The molecule has 1 aromatic rings. The zero-order chi connectivity index (χ0) is 13.3. The Morgan fingerprint density at radius 2 is 1.83 bits per heavy atom. The summed E-state index contributed by atoms with van der Waals surface area (Å²) in [6.45, 7) is 10.0. The average molecular weight is 246 g/mol. The van der Waals surface area contributed by atoms with Crippen molar-refractivity contribution in [1.29, 1.82) is 0 Å². The lowest BCUT2D eigenvalue weighted by Gasteiger charge is -2.27. The third kappa shape index (κ3) is 2.98. The quantitative estimate of drug-likeness (QED) is 0.798. The molecule has 0 aromatic heterocycles. The van der Waals surface area contributed by atoms with Crippen LogP contribution in [-0.2, 0) is 0 Å². The lowest BCUT2D eigenvalue weighted by molar-refractivity contribution is 0.571. The summed E-state index contributed by atoms with van der Waals surface area (Å²) >= 11 is 0. The van der Waals surface area contributed by atoms with Crippen molar-refractivity contribution in [2.45, 2.75) is 53.0 Å². The van der Waals surface area contributed by atoms with E-state index >= 15 is 0 Å². The maximum atomic E-state index is 6.22. The smallest absolute Gasteiger partial charge is 0.0605 e. The monoisotopic (exact) mass is 246 g/mol. The Kier molecular flexibility index (Phi) is 3.84. The second kappa shape index (κ2) is 5.21. The molecule has 100 valence electrons. The van der Waals surface area contributed by atoms with E-state index < -0.39 is 0 Å². The number of rotatable bonds is 5. The van der Waals surface area contributed by atoms with E-state index in [2.05, 4.69) is 44.7 Å². The number of anilines is 2. The van der Waals surface area contributed by atoms with Crippen LogP contribution in [0.1, 0.15) is 44.2 Å². The number of nitrogen functional groups attached to an aromatic ring is 1. The van der Waals surface area contributed by atoms with Gasteiger partial charge in [-0.1, -0.05) is 13.8 Å². The highest BCUT2D eigenvalue weighted by Crippen LogP contribution is 2.36. The molecule has 18 heavy (non-hydrogen) atoms. The lowest BCUT2D eigenvalue weighted by atomic mass is 10.1. The highest BCUT2D eigenvalue weighted by atomic mass is 15.2. The van der Waals surface area contributed by atoms with Gasteiger partial charge in [0.15, 0.2) is 0 Å². The molecular formula is C16H26N2. The fourth-order valence-corrected chi connectivity index (χ4v) is 2.36. The van der Waals surface area contributed by atoms with Gasteiger partial charge >= 0.3 is 0 Å². The van der Waals surface area contributed by atoms with Crippen LogP contribution in [0, 0.1) is 19.8 Å². The molecule has 0 aliphatic heterocycles. The normalized spacial score (nSPS) is 15.2. The summed E-state index contributed by atoms with van der Waals surface area (Å²) in [4.78, 5) is 2.53. The Bertz CT molecular complexity index is 419. The summed E-state index contributed by atoms with van der Waals surface area (Å²) in [5, 5.41) is 0. The third-order valence-corrected chi connectivity index (χ3v) is 3.89. The van der Waals surface area contributed by atoms with Crippen molar-refractivity contribution < 1.29 is 0 Å². The standard InChI is InChI=1S/C16H26N2/c1-11(2)7-8-18(14-5-6-14)16-10-13(4)12(3)9-15(16)17/h9-11,14H,5-8,17H2,1-4H3. The molecule has 2 rings (SSSR count). The molecule has 2 nitrogen and oxygen atoms in total. The predicted octanol–water partition coefficient (Wildman–Crippen LogP) is 3.90. The van der Waals surface area contributed by atoms with E-state index in [4.69, 9.17) is 5.73 Å². The number of nitrogens with zero attached hydrogens (tertiary/aromatic N) is 1. The number of hydrogen-bond acceptors (Lipinski definition) is 2. The van der Waals surface area contributed by atoms with E-state index in [0.29, 0.717) is 0 Å². The van der Waals surface area contributed by atoms with Crippen molar-refractivity contribution >= 4 is 11.4 Å². The Morgan fingerprint density at radius 1 is 1.22 bits per heavy atom. The first-order chi connectivity index (χ1) is 8.49. The van der Waals surface area contributed by atoms with Crippen LogP contribution in [0.15, 0.2) is 12.1 Å². The van der Waals surface area contributed by atoms with Crippen LogP contribution in [0.4, 0.5) is 11.4 Å². The van der Waals surface area contributed by atoms with Crippen molar-refractivity contribution in [1.82, 2.24) is 0 Å². The molecule has 0 radical (unpaired) electrons. The second-order valence-corrected chi connectivity index (χ2v) is 6.10. The lowest BCUT2D eigenvalue weighted by Crippen LogP contribution is -2.28. The van der Waals surface area contributed by atoms with Crippen molar-refractivity contribution in [2.24, 2.45) is 5.92 Å². The van der Waals surface area contributed by atoms with Gasteiger partial charge in [0.2, 0.25) is 0 Å². The molecule has 2 N–H and O–H groups in total. The molecule has 1 aliphatic rings. The van der Waals surface area contributed by atoms with Gasteiger partial charge in [0, 0.05) is 12.6 Å². The van der Waals surface area contributed by atoms with Crippen molar-refractivity contribution in [2.75, 3.05) is 17.2 Å². The van der Waals surface area contributed by atoms with E-state index in [9.17, 15) is 0 Å². The summed E-state index contributed by atoms with van der Waals surface area (Å²) in [5.74, 6) is 0.749. The third-order valence-electron chi connectivity index (χ3n) is 3.89. The minimum Gasteiger partial charge on any atom is -0.397 e. The average Bonchev–Trinajstić information content (AvgIpc) is 3.09. The van der Waals surface area contributed by atoms with Crippen LogP contribution in [-0.4, -0.2) is 12.6 Å². The molecule has 0 bridgehead atoms. The topological polar surface area (TPSA) is 29.3 Å². The van der Waals surface area contributed by atoms with Gasteiger partial charge in [0.1, 0.15) is 0 Å². The summed E-state index contributed by atoms with van der Waals surface area (Å²) in [6.07, 6.45) is 3.89. The molecule has 0 amide bonds. The molecule has 1 aromatic carbocycles. The van der Waals surface area contributed by atoms with Crippen molar-refractivity contribution in [3.8, 4) is 0 Å². The zero-order valence-corrected chi connectivity index (χ0v) is 12.2. The fraction of sp³-hybridized carbons (Fsp3) is 0.625. The molecule has 0 heterocycles. The Hall–Kier alpha value is -1.18. The maximum absolute atomic E-state index is 6.22. The minimum absolute atomic E-state index is 0.730. The van der Waals surface area contributed by atoms with E-state index in [-0.39, 0.29) is 0 Å². The van der Waals surface area contributed by atoms with Gasteiger partial charge in [-0.2, -0.15) is 0 Å². The van der Waals surface area contributed by atoms with Crippen molar-refractivity contribution in [3.05, 3.63) is 23.3 Å². The van der Waals surface area contributed by atoms with Crippen LogP contribution in [0.2, 0.25) is 0 Å². The van der Waals surface area contributed by atoms with E-state index in [1.165, 1.54) is 36.1 Å². The van der Waals surface area contributed by atoms with E-state index in [1.807, 2.05) is 0 Å². The highest BCUT2D eigenvalue weighted by Gasteiger charge is 2.30. The molecule has 0 unspecified atom stereocenters. The summed E-state index contributed by atoms with van der Waals surface area (Å²) in [6, 6.07) is 5.12. The minimum atomic E-state index is 0.730. The molecule has 2 heteroatoms. The van der Waals surface area contributed by atoms with Gasteiger partial charge in [-0.15, -0.1) is 0 Å². The first-order valence-electron chi connectivity index (χ1n) is 7.12. The van der Waals surface area contributed by atoms with Crippen LogP contribution >= 0.6 is 0 Å². The summed E-state index contributed by atoms with van der Waals surface area (Å²) in [7, 11) is 0. The predicted molar refractivity (Wildman–Crippen MR) is 80.2 cm³/mol. The Balaban J connectivity index is 2.22. The highest BCUT2D eigenvalue weighted by molar-refractivity contribution is 5.70. The molecule has 0 spiro atoms. The SMILES string of the molecule is Cc1cc(N)c(N(CCC(C)C)C2CC2)cc1C. The molecule has 1 fully saturated rings. The summed E-state index contributed by atoms with van der Waals surface area (Å²) < 4.78 is 0. The van der Waals surface area contributed by atoms with Gasteiger partial charge in [0.25, 0.3) is 0 Å². The fourth-order valence-electron chi connectivity index (χ4n) is 2.36. The summed E-state index contributed by atoms with van der Waals surface area (Å²) in [5.41, 5.74) is 11.0. The van der Waals surface area contributed by atoms with Crippen LogP contribution < -0.4 is 10.6 Å². The Morgan fingerprint density at radius 3 is 2.39 bits per heavy atom. The molecule has 0 atom stereocenters. The second-order valence-electron chi connectivity index (χ2n) is 6.10. The van der Waals surface area contributed by atoms with Gasteiger partial charge in [-0.25, -0.2) is 0 Å². The first-order valence-corrected chi connectivity index (χ1v) is 7.12. The number of aryl methyl sites for hydroxylation is 2. The molecule has 1 aliphatic carbocycles. The van der Waals surface area contributed by atoms with E-state index in [1.54, 1.807) is 0 Å². The number of hydrogen-bond donors (Lipinski definition) is 1. The zero-order valence-electron chi connectivity index (χ0n) is 12.2. The molecule has 0 saturated heterocycles. The van der Waals surface area contributed by atoms with Crippen LogP contribution in [0.3, 0.4) is 0 Å². The van der Waals surface area contributed by atoms with E-state index in [0.717, 1.165) is 24.2 Å². The number of benzene rings is 1. The molecule has 1 saturated carbocycles. The maximum Gasteiger partial charge on any atom is 0.0605 e. The molecular weight excluding hydrogens is 220 g/mol. The van der Waals surface area contributed by atoms with Crippen LogP contribution in [0.5, 0.6) is 0 Å². The van der Waals surface area contributed by atoms with Gasteiger partial charge in [-0.3, -0.25) is 0 Å². The van der Waals surface area contributed by atoms with Gasteiger partial charge < -0.3 is 10.6 Å². The van der Waals surface area contributed by atoms with Gasteiger partial charge in [0.05, 0.1) is 11.4 Å². The van der Waals surface area contributed by atoms with Gasteiger partial charge in [-0.05, 0) is 62.3 Å². The first kappa shape index (κ1) is 13.3.